The molecule has 2 aromatic carbocycles. The zero-order chi connectivity index (χ0) is 13.0. The Balaban J connectivity index is 2.36. The zero-order valence-corrected chi connectivity index (χ0v) is 11.3. The van der Waals surface area contributed by atoms with E-state index in [0.29, 0.717) is 0 Å². The maximum atomic E-state index is 5.83. The van der Waals surface area contributed by atoms with Gasteiger partial charge < -0.3 is 4.74 Å². The molecule has 0 radical (unpaired) electrons. The van der Waals surface area contributed by atoms with Crippen LogP contribution in [0.15, 0.2) is 48.5 Å². The van der Waals surface area contributed by atoms with Crippen LogP contribution in [0.4, 0.5) is 0 Å². The van der Waals surface area contributed by atoms with Gasteiger partial charge in [-0.15, -0.1) is 0 Å². The molecule has 18 heavy (non-hydrogen) atoms. The highest BCUT2D eigenvalue weighted by molar-refractivity contribution is 5.65. The average Bonchev–Trinajstić information content (AvgIpc) is 2.39. The molecule has 2 rings (SSSR count). The number of hydrogen-bond acceptors (Lipinski definition) is 1. The molecule has 0 bridgehead atoms. The van der Waals surface area contributed by atoms with Gasteiger partial charge in [-0.3, -0.25) is 0 Å². The van der Waals surface area contributed by atoms with Gasteiger partial charge in [-0.25, -0.2) is 0 Å². The maximum Gasteiger partial charge on any atom is 0.122 e. The van der Waals surface area contributed by atoms with Crippen molar-refractivity contribution < 1.29 is 4.74 Å². The van der Waals surface area contributed by atoms with E-state index in [9.17, 15) is 0 Å². The fourth-order valence-electron chi connectivity index (χ4n) is 2.03. The lowest BCUT2D eigenvalue weighted by molar-refractivity contribution is 0.240. The molecule has 0 aliphatic rings. The summed E-state index contributed by atoms with van der Waals surface area (Å²) in [7, 11) is 0. The van der Waals surface area contributed by atoms with Crippen molar-refractivity contribution in [3.8, 4) is 16.9 Å². The number of hydrogen-bond donors (Lipinski definition) is 0. The van der Waals surface area contributed by atoms with Crippen molar-refractivity contribution in [2.45, 2.75) is 33.3 Å². The van der Waals surface area contributed by atoms with Crippen molar-refractivity contribution in [3.63, 3.8) is 0 Å². The highest BCUT2D eigenvalue weighted by Crippen LogP contribution is 2.27. The molecule has 0 N–H and O–H groups in total. The van der Waals surface area contributed by atoms with Crippen LogP contribution in [-0.4, -0.2) is 6.10 Å². The van der Waals surface area contributed by atoms with E-state index in [4.69, 9.17) is 4.74 Å². The highest BCUT2D eigenvalue weighted by atomic mass is 16.5. The van der Waals surface area contributed by atoms with Crippen molar-refractivity contribution in [1.82, 2.24) is 0 Å². The van der Waals surface area contributed by atoms with E-state index in [-0.39, 0.29) is 6.10 Å². The summed E-state index contributed by atoms with van der Waals surface area (Å²) in [4.78, 5) is 0. The first-order valence-electron chi connectivity index (χ1n) is 6.55. The summed E-state index contributed by atoms with van der Waals surface area (Å²) in [5, 5.41) is 0. The van der Waals surface area contributed by atoms with Crippen LogP contribution in [0, 0.1) is 0 Å². The predicted molar refractivity (Wildman–Crippen MR) is 77.0 cm³/mol. The smallest absolute Gasteiger partial charge is 0.122 e. The third-order valence-corrected chi connectivity index (χ3v) is 2.91. The molecule has 0 unspecified atom stereocenters. The summed E-state index contributed by atoms with van der Waals surface area (Å²) < 4.78 is 5.83. The summed E-state index contributed by atoms with van der Waals surface area (Å²) in [5.74, 6) is 1.01. The van der Waals surface area contributed by atoms with Crippen LogP contribution in [0.3, 0.4) is 0 Å². The van der Waals surface area contributed by atoms with Gasteiger partial charge in [0.15, 0.2) is 0 Å². The van der Waals surface area contributed by atoms with Gasteiger partial charge in [-0.05, 0) is 49.1 Å². The van der Waals surface area contributed by atoms with Crippen LogP contribution in [0.25, 0.3) is 11.1 Å². The quantitative estimate of drug-likeness (QED) is 0.752. The Labute approximate surface area is 109 Å². The van der Waals surface area contributed by atoms with Crippen molar-refractivity contribution >= 4 is 0 Å². The minimum atomic E-state index is 0.220. The second-order valence-electron chi connectivity index (χ2n) is 4.71. The molecule has 1 nitrogen and oxygen atoms in total. The molecule has 94 valence electrons. The molecule has 0 fully saturated rings. The topological polar surface area (TPSA) is 9.23 Å². The third-order valence-electron chi connectivity index (χ3n) is 2.91. The van der Waals surface area contributed by atoms with E-state index in [1.165, 1.54) is 16.7 Å². The number of benzene rings is 2. The first-order valence-corrected chi connectivity index (χ1v) is 6.55. The molecular weight excluding hydrogens is 220 g/mol. The first kappa shape index (κ1) is 12.7. The molecule has 0 heterocycles. The SMILES string of the molecule is CCc1cc(-c2ccccc2)ccc1OC(C)C. The molecule has 0 atom stereocenters. The summed E-state index contributed by atoms with van der Waals surface area (Å²) in [5.41, 5.74) is 3.77. The van der Waals surface area contributed by atoms with Crippen LogP contribution in [0.5, 0.6) is 5.75 Å². The van der Waals surface area contributed by atoms with E-state index in [0.717, 1.165) is 12.2 Å². The van der Waals surface area contributed by atoms with E-state index in [2.05, 4.69) is 63.2 Å². The summed E-state index contributed by atoms with van der Waals surface area (Å²) in [6, 6.07) is 16.9. The van der Waals surface area contributed by atoms with Crippen molar-refractivity contribution in [2.75, 3.05) is 0 Å². The second-order valence-corrected chi connectivity index (χ2v) is 4.71. The van der Waals surface area contributed by atoms with Gasteiger partial charge >= 0.3 is 0 Å². The standard InChI is InChI=1S/C17H20O/c1-4-14-12-16(15-8-6-5-7-9-15)10-11-17(14)18-13(2)3/h5-13H,4H2,1-3H3. The van der Waals surface area contributed by atoms with Crippen molar-refractivity contribution in [1.29, 1.82) is 0 Å². The molecule has 0 aliphatic carbocycles. The first-order chi connectivity index (χ1) is 8.70. The third kappa shape index (κ3) is 2.92. The molecule has 0 saturated heterocycles. The minimum absolute atomic E-state index is 0.220. The fourth-order valence-corrected chi connectivity index (χ4v) is 2.03. The van der Waals surface area contributed by atoms with Gasteiger partial charge in [-0.1, -0.05) is 43.3 Å². The molecule has 0 spiro atoms. The van der Waals surface area contributed by atoms with Gasteiger partial charge in [-0.2, -0.15) is 0 Å². The van der Waals surface area contributed by atoms with Gasteiger partial charge in [0.1, 0.15) is 5.75 Å². The van der Waals surface area contributed by atoms with E-state index in [1.54, 1.807) is 0 Å². The lowest BCUT2D eigenvalue weighted by Gasteiger charge is -2.14. The van der Waals surface area contributed by atoms with Crippen molar-refractivity contribution in [2.24, 2.45) is 0 Å². The predicted octanol–water partition coefficient (Wildman–Crippen LogP) is 4.70. The highest BCUT2D eigenvalue weighted by Gasteiger charge is 2.06. The Morgan fingerprint density at radius 3 is 2.28 bits per heavy atom. The Hall–Kier alpha value is -1.76. The van der Waals surface area contributed by atoms with E-state index in [1.807, 2.05) is 6.07 Å². The van der Waals surface area contributed by atoms with Gasteiger partial charge in [0.05, 0.1) is 6.10 Å². The van der Waals surface area contributed by atoms with Crippen molar-refractivity contribution in [3.05, 3.63) is 54.1 Å². The Morgan fingerprint density at radius 2 is 1.67 bits per heavy atom. The summed E-state index contributed by atoms with van der Waals surface area (Å²) >= 11 is 0. The van der Waals surface area contributed by atoms with Crippen LogP contribution >= 0.6 is 0 Å². The largest absolute Gasteiger partial charge is 0.491 e. The molecule has 0 amide bonds. The molecule has 0 aliphatic heterocycles. The minimum Gasteiger partial charge on any atom is -0.491 e. The van der Waals surface area contributed by atoms with E-state index < -0.39 is 0 Å². The monoisotopic (exact) mass is 240 g/mol. The van der Waals surface area contributed by atoms with Crippen LogP contribution in [-0.2, 0) is 6.42 Å². The zero-order valence-electron chi connectivity index (χ0n) is 11.3. The van der Waals surface area contributed by atoms with Gasteiger partial charge in [0, 0.05) is 0 Å². The molecule has 2 aromatic rings. The lowest BCUT2D eigenvalue weighted by atomic mass is 10.0. The number of aryl methyl sites for hydroxylation is 1. The Bertz CT molecular complexity index is 500. The summed E-state index contributed by atoms with van der Waals surface area (Å²) in [6.45, 7) is 6.28. The maximum absolute atomic E-state index is 5.83. The van der Waals surface area contributed by atoms with Crippen LogP contribution in [0.1, 0.15) is 26.3 Å². The van der Waals surface area contributed by atoms with Crippen LogP contribution < -0.4 is 4.74 Å². The molecule has 1 heteroatoms. The van der Waals surface area contributed by atoms with Crippen LogP contribution in [0.2, 0.25) is 0 Å². The van der Waals surface area contributed by atoms with Gasteiger partial charge in [0.2, 0.25) is 0 Å². The Morgan fingerprint density at radius 1 is 0.944 bits per heavy atom. The van der Waals surface area contributed by atoms with Gasteiger partial charge in [0.25, 0.3) is 0 Å². The van der Waals surface area contributed by atoms with E-state index >= 15 is 0 Å². The summed E-state index contributed by atoms with van der Waals surface area (Å²) in [6.07, 6.45) is 1.21. The normalized spacial score (nSPS) is 10.7. The molecule has 0 saturated carbocycles. The molecular formula is C17H20O. The fraction of sp³-hybridized carbons (Fsp3) is 0.294. The second kappa shape index (κ2) is 5.72. The average molecular weight is 240 g/mol. The number of rotatable bonds is 4. The number of ether oxygens (including phenoxy) is 1. The lowest BCUT2D eigenvalue weighted by Crippen LogP contribution is -2.07. The molecule has 0 aromatic heterocycles. The Kier molecular flexibility index (Phi) is 4.03.